The predicted octanol–water partition coefficient (Wildman–Crippen LogP) is 3.81. The molecule has 0 spiro atoms. The fraction of sp³-hybridized carbons (Fsp3) is 0.391. The number of carbonyl (C=O) groups is 2. The van der Waals surface area contributed by atoms with Gasteiger partial charge >= 0.3 is 5.97 Å². The second-order valence-electron chi connectivity index (χ2n) is 7.75. The Bertz CT molecular complexity index is 882. The minimum Gasteiger partial charge on any atom is -0.480 e. The molecular weight excluding hydrogens is 371 g/mol. The van der Waals surface area contributed by atoms with Crippen LogP contribution in [0.1, 0.15) is 35.2 Å². The Balaban J connectivity index is 1.70. The first-order valence-electron chi connectivity index (χ1n) is 9.93. The van der Waals surface area contributed by atoms with Gasteiger partial charge in [0.1, 0.15) is 5.82 Å². The Morgan fingerprint density at radius 2 is 1.79 bits per heavy atom. The van der Waals surface area contributed by atoms with Crippen LogP contribution in [0.2, 0.25) is 0 Å². The van der Waals surface area contributed by atoms with Crippen molar-refractivity contribution < 1.29 is 19.1 Å². The van der Waals surface area contributed by atoms with Gasteiger partial charge in [0.15, 0.2) is 0 Å². The van der Waals surface area contributed by atoms with E-state index in [1.165, 1.54) is 6.07 Å². The molecule has 3 rings (SSSR count). The van der Waals surface area contributed by atoms with E-state index in [0.717, 1.165) is 29.5 Å². The Morgan fingerprint density at radius 1 is 1.10 bits per heavy atom. The van der Waals surface area contributed by atoms with Crippen LogP contribution in [0.4, 0.5) is 4.39 Å². The molecule has 2 aromatic carbocycles. The van der Waals surface area contributed by atoms with E-state index in [0.29, 0.717) is 19.5 Å². The molecule has 1 N–H and O–H groups in total. The van der Waals surface area contributed by atoms with Gasteiger partial charge in [-0.3, -0.25) is 14.5 Å². The second kappa shape index (κ2) is 9.18. The van der Waals surface area contributed by atoms with Crippen molar-refractivity contribution in [3.8, 4) is 11.1 Å². The molecule has 2 aromatic rings. The number of hydrogen-bond acceptors (Lipinski definition) is 3. The Hall–Kier alpha value is -2.73. The Morgan fingerprint density at radius 3 is 2.45 bits per heavy atom. The zero-order chi connectivity index (χ0) is 21.0. The van der Waals surface area contributed by atoms with Crippen LogP contribution < -0.4 is 0 Å². The number of aryl methyl sites for hydroxylation is 1. The number of benzene rings is 2. The number of rotatable bonds is 5. The lowest BCUT2D eigenvalue weighted by molar-refractivity contribution is -0.138. The summed E-state index contributed by atoms with van der Waals surface area (Å²) < 4.78 is 14.7. The first-order valence-corrected chi connectivity index (χ1v) is 9.93. The van der Waals surface area contributed by atoms with Gasteiger partial charge in [-0.05, 0) is 56.5 Å². The van der Waals surface area contributed by atoms with Crippen molar-refractivity contribution in [2.24, 2.45) is 0 Å². The summed E-state index contributed by atoms with van der Waals surface area (Å²) in [6.07, 6.45) is 2.27. The predicted molar refractivity (Wildman–Crippen MR) is 110 cm³/mol. The van der Waals surface area contributed by atoms with Crippen LogP contribution in [0.3, 0.4) is 0 Å². The van der Waals surface area contributed by atoms with Crippen molar-refractivity contribution in [1.29, 1.82) is 0 Å². The van der Waals surface area contributed by atoms with Gasteiger partial charge in [0.2, 0.25) is 0 Å². The molecular formula is C23H27FN2O3. The molecule has 1 atom stereocenters. The minimum absolute atomic E-state index is 0.0201. The average Bonchev–Trinajstić information content (AvgIpc) is 2.94. The molecule has 1 aliphatic heterocycles. The van der Waals surface area contributed by atoms with Crippen molar-refractivity contribution in [2.45, 2.75) is 32.2 Å². The van der Waals surface area contributed by atoms with E-state index in [9.17, 15) is 14.0 Å². The Labute approximate surface area is 170 Å². The third-order valence-electron chi connectivity index (χ3n) is 5.58. The van der Waals surface area contributed by atoms with Crippen molar-refractivity contribution >= 4 is 11.9 Å². The zero-order valence-corrected chi connectivity index (χ0v) is 16.9. The second-order valence-corrected chi connectivity index (χ2v) is 7.75. The summed E-state index contributed by atoms with van der Waals surface area (Å²) in [5, 5.41) is 8.97. The van der Waals surface area contributed by atoms with Crippen molar-refractivity contribution in [2.75, 3.05) is 26.7 Å². The molecule has 1 fully saturated rings. The maximum atomic E-state index is 14.7. The number of carboxylic acids is 1. The van der Waals surface area contributed by atoms with Crippen LogP contribution >= 0.6 is 0 Å². The smallest absolute Gasteiger partial charge is 0.317 e. The SMILES string of the molecule is Cc1ccc(-c2ccc(C(=O)N3CCCC(N(C)CC(=O)O)CC3)c(F)c2)cc1. The number of nitrogens with zero attached hydrogens (tertiary/aromatic N) is 2. The van der Waals surface area contributed by atoms with E-state index in [1.54, 1.807) is 24.1 Å². The van der Waals surface area contributed by atoms with Crippen LogP contribution in [0.15, 0.2) is 42.5 Å². The fourth-order valence-corrected chi connectivity index (χ4v) is 3.85. The maximum Gasteiger partial charge on any atom is 0.317 e. The molecule has 154 valence electrons. The van der Waals surface area contributed by atoms with E-state index in [4.69, 9.17) is 5.11 Å². The average molecular weight is 398 g/mol. The third-order valence-corrected chi connectivity index (χ3v) is 5.58. The molecule has 5 nitrogen and oxygen atoms in total. The third kappa shape index (κ3) is 5.21. The van der Waals surface area contributed by atoms with Gasteiger partial charge in [-0.2, -0.15) is 0 Å². The lowest BCUT2D eigenvalue weighted by Gasteiger charge is -2.25. The molecule has 0 aliphatic carbocycles. The first-order chi connectivity index (χ1) is 13.8. The van der Waals surface area contributed by atoms with Crippen LogP contribution in [0.25, 0.3) is 11.1 Å². The van der Waals surface area contributed by atoms with E-state index in [2.05, 4.69) is 0 Å². The molecule has 1 heterocycles. The number of likely N-dealkylation sites (N-methyl/N-ethyl adjacent to an activating group) is 1. The molecule has 6 heteroatoms. The van der Waals surface area contributed by atoms with Gasteiger partial charge in [-0.1, -0.05) is 35.9 Å². The van der Waals surface area contributed by atoms with Crippen molar-refractivity contribution in [3.63, 3.8) is 0 Å². The number of hydrogen-bond donors (Lipinski definition) is 1. The fourth-order valence-electron chi connectivity index (χ4n) is 3.85. The summed E-state index contributed by atoms with van der Waals surface area (Å²) in [5.41, 5.74) is 2.87. The maximum absolute atomic E-state index is 14.7. The highest BCUT2D eigenvalue weighted by molar-refractivity contribution is 5.95. The standard InChI is InChI=1S/C23H27FN2O3/c1-16-5-7-17(8-6-16)18-9-10-20(21(24)14-18)23(29)26-12-3-4-19(11-13-26)25(2)15-22(27)28/h5-10,14,19H,3-4,11-13,15H2,1-2H3,(H,27,28). The number of aliphatic carboxylic acids is 1. The molecule has 1 saturated heterocycles. The van der Waals surface area contributed by atoms with Gasteiger partial charge < -0.3 is 10.0 Å². The molecule has 0 saturated carbocycles. The minimum atomic E-state index is -0.861. The molecule has 1 unspecified atom stereocenters. The summed E-state index contributed by atoms with van der Waals surface area (Å²) in [6.45, 7) is 3.02. The summed E-state index contributed by atoms with van der Waals surface area (Å²) in [6, 6.07) is 12.7. The summed E-state index contributed by atoms with van der Waals surface area (Å²) in [4.78, 5) is 27.3. The molecule has 0 bridgehead atoms. The number of halogens is 1. The van der Waals surface area contributed by atoms with Crippen molar-refractivity contribution in [1.82, 2.24) is 9.80 Å². The van der Waals surface area contributed by atoms with Gasteiger partial charge in [0.05, 0.1) is 12.1 Å². The highest BCUT2D eigenvalue weighted by Crippen LogP contribution is 2.24. The number of likely N-dealkylation sites (tertiary alicyclic amines) is 1. The quantitative estimate of drug-likeness (QED) is 0.832. The van der Waals surface area contributed by atoms with Gasteiger partial charge in [0.25, 0.3) is 5.91 Å². The van der Waals surface area contributed by atoms with Crippen LogP contribution in [-0.4, -0.2) is 59.5 Å². The molecule has 0 aromatic heterocycles. The number of carbonyl (C=O) groups excluding carboxylic acids is 1. The highest BCUT2D eigenvalue weighted by Gasteiger charge is 2.26. The molecule has 29 heavy (non-hydrogen) atoms. The number of carboxylic acid groups (broad SMARTS) is 1. The van der Waals surface area contributed by atoms with E-state index in [1.807, 2.05) is 36.1 Å². The first kappa shape index (κ1) is 21.0. The van der Waals surface area contributed by atoms with E-state index < -0.39 is 11.8 Å². The molecule has 1 amide bonds. The van der Waals surface area contributed by atoms with Gasteiger partial charge in [0, 0.05) is 19.1 Å². The monoisotopic (exact) mass is 398 g/mol. The summed E-state index contributed by atoms with van der Waals surface area (Å²) in [7, 11) is 1.79. The molecule has 0 radical (unpaired) electrons. The largest absolute Gasteiger partial charge is 0.480 e. The number of amides is 1. The lowest BCUT2D eigenvalue weighted by Crippen LogP contribution is -2.37. The lowest BCUT2D eigenvalue weighted by atomic mass is 10.0. The van der Waals surface area contributed by atoms with Crippen LogP contribution in [0, 0.1) is 12.7 Å². The van der Waals surface area contributed by atoms with Crippen LogP contribution in [0.5, 0.6) is 0 Å². The summed E-state index contributed by atoms with van der Waals surface area (Å²) in [5.74, 6) is -1.68. The van der Waals surface area contributed by atoms with Gasteiger partial charge in [-0.25, -0.2) is 4.39 Å². The van der Waals surface area contributed by atoms with E-state index >= 15 is 0 Å². The topological polar surface area (TPSA) is 60.9 Å². The Kier molecular flexibility index (Phi) is 6.64. The highest BCUT2D eigenvalue weighted by atomic mass is 19.1. The zero-order valence-electron chi connectivity index (χ0n) is 16.9. The van der Waals surface area contributed by atoms with E-state index in [-0.39, 0.29) is 24.1 Å². The van der Waals surface area contributed by atoms with Crippen LogP contribution in [-0.2, 0) is 4.79 Å². The van der Waals surface area contributed by atoms with Crippen molar-refractivity contribution in [3.05, 3.63) is 59.4 Å². The summed E-state index contributed by atoms with van der Waals surface area (Å²) >= 11 is 0. The normalized spacial score (nSPS) is 17.2. The van der Waals surface area contributed by atoms with Gasteiger partial charge in [-0.15, -0.1) is 0 Å². The molecule has 1 aliphatic rings.